The van der Waals surface area contributed by atoms with E-state index >= 15 is 0 Å². The van der Waals surface area contributed by atoms with Gasteiger partial charge in [0.1, 0.15) is 18.3 Å². The van der Waals surface area contributed by atoms with Crippen molar-refractivity contribution in [3.05, 3.63) is 0 Å². The Hall–Kier alpha value is -0.730. The number of esters is 1. The number of hydrogen-bond donors (Lipinski definition) is 0. The van der Waals surface area contributed by atoms with Crippen LogP contribution in [0, 0.1) is 0 Å². The van der Waals surface area contributed by atoms with E-state index in [4.69, 9.17) is 28.4 Å². The van der Waals surface area contributed by atoms with Crippen LogP contribution in [-0.4, -0.2) is 63.3 Å². The fraction of sp³-hybridized carbons (Fsp3) is 0.923. The topological polar surface area (TPSA) is 72.5 Å². The minimum absolute atomic E-state index is 0.269. The molecule has 2 saturated heterocycles. The zero-order chi connectivity index (χ0) is 14.9. The molecule has 2 aliphatic heterocycles. The van der Waals surface area contributed by atoms with Crippen LogP contribution in [0.2, 0.25) is 0 Å². The highest BCUT2D eigenvalue weighted by Gasteiger charge is 2.56. The lowest BCUT2D eigenvalue weighted by molar-refractivity contribution is -0.276. The van der Waals surface area contributed by atoms with Crippen molar-refractivity contribution in [2.24, 2.45) is 0 Å². The third kappa shape index (κ3) is 3.12. The molecule has 0 aromatic heterocycles. The van der Waals surface area contributed by atoms with Gasteiger partial charge in [-0.3, -0.25) is 4.79 Å². The third-order valence-corrected chi connectivity index (χ3v) is 3.30. The third-order valence-electron chi connectivity index (χ3n) is 3.30. The smallest absolute Gasteiger partial charge is 0.303 e. The average molecular weight is 290 g/mol. The Labute approximate surface area is 118 Å². The van der Waals surface area contributed by atoms with Crippen molar-refractivity contribution in [2.45, 2.75) is 57.3 Å². The minimum atomic E-state index is -0.782. The van der Waals surface area contributed by atoms with Gasteiger partial charge < -0.3 is 28.4 Å². The summed E-state index contributed by atoms with van der Waals surface area (Å²) in [7, 11) is 3.09. The number of ether oxygens (including phenoxy) is 6. The zero-order valence-electron chi connectivity index (χ0n) is 12.5. The van der Waals surface area contributed by atoms with Gasteiger partial charge >= 0.3 is 5.97 Å². The van der Waals surface area contributed by atoms with E-state index in [2.05, 4.69) is 0 Å². The maximum Gasteiger partial charge on any atom is 0.303 e. The van der Waals surface area contributed by atoms with Crippen LogP contribution in [0.1, 0.15) is 20.8 Å². The van der Waals surface area contributed by atoms with E-state index in [-0.39, 0.29) is 6.61 Å². The lowest BCUT2D eigenvalue weighted by atomic mass is 9.99. The van der Waals surface area contributed by atoms with Gasteiger partial charge in [0.25, 0.3) is 0 Å². The van der Waals surface area contributed by atoms with Crippen LogP contribution in [0.3, 0.4) is 0 Å². The summed E-state index contributed by atoms with van der Waals surface area (Å²) >= 11 is 0. The van der Waals surface area contributed by atoms with Gasteiger partial charge in [0, 0.05) is 21.1 Å². The van der Waals surface area contributed by atoms with Crippen molar-refractivity contribution in [1.29, 1.82) is 0 Å². The van der Waals surface area contributed by atoms with Crippen LogP contribution in [0.15, 0.2) is 0 Å². The average Bonchev–Trinajstić information content (AvgIpc) is 2.67. The summed E-state index contributed by atoms with van der Waals surface area (Å²) in [5.74, 6) is -1.18. The van der Waals surface area contributed by atoms with E-state index in [9.17, 15) is 4.79 Å². The van der Waals surface area contributed by atoms with Gasteiger partial charge in [0.15, 0.2) is 18.2 Å². The van der Waals surface area contributed by atoms with Crippen molar-refractivity contribution in [3.63, 3.8) is 0 Å². The van der Waals surface area contributed by atoms with Crippen LogP contribution >= 0.6 is 0 Å². The van der Waals surface area contributed by atoms with Crippen LogP contribution < -0.4 is 0 Å². The lowest BCUT2D eigenvalue weighted by Crippen LogP contribution is -2.59. The van der Waals surface area contributed by atoms with E-state index in [1.54, 1.807) is 21.0 Å². The lowest BCUT2D eigenvalue weighted by Gasteiger charge is -2.40. The number of methoxy groups -OCH3 is 2. The van der Waals surface area contributed by atoms with E-state index in [0.29, 0.717) is 0 Å². The Balaban J connectivity index is 2.23. The van der Waals surface area contributed by atoms with Crippen molar-refractivity contribution in [1.82, 2.24) is 0 Å². The molecule has 0 radical (unpaired) electrons. The molecule has 7 heteroatoms. The quantitative estimate of drug-likeness (QED) is 0.696. The Kier molecular flexibility index (Phi) is 4.66. The van der Waals surface area contributed by atoms with E-state index in [0.717, 1.165) is 0 Å². The highest BCUT2D eigenvalue weighted by atomic mass is 16.8. The molecule has 116 valence electrons. The minimum Gasteiger partial charge on any atom is -0.457 e. The Bertz CT molecular complexity index is 357. The second-order valence-corrected chi connectivity index (χ2v) is 5.37. The molecule has 20 heavy (non-hydrogen) atoms. The molecule has 0 aromatic rings. The van der Waals surface area contributed by atoms with Crippen LogP contribution in [0.5, 0.6) is 0 Å². The number of hydrogen-bond acceptors (Lipinski definition) is 7. The number of fused-ring (bicyclic) bond motifs is 1. The molecule has 0 saturated carbocycles. The highest BCUT2D eigenvalue weighted by molar-refractivity contribution is 5.66. The predicted octanol–water partition coefficient (Wildman–Crippen LogP) is 0.456. The first-order chi connectivity index (χ1) is 9.38. The molecule has 5 atom stereocenters. The normalized spacial score (nSPS) is 39.4. The fourth-order valence-corrected chi connectivity index (χ4v) is 2.64. The predicted molar refractivity (Wildman–Crippen MR) is 66.9 cm³/mol. The molecule has 2 heterocycles. The van der Waals surface area contributed by atoms with Gasteiger partial charge in [0.2, 0.25) is 0 Å². The van der Waals surface area contributed by atoms with Crippen LogP contribution in [-0.2, 0) is 33.2 Å². The Morgan fingerprint density at radius 2 is 1.85 bits per heavy atom. The second kappa shape index (κ2) is 5.95. The first kappa shape index (κ1) is 15.7. The Morgan fingerprint density at radius 1 is 1.20 bits per heavy atom. The summed E-state index contributed by atoms with van der Waals surface area (Å²) < 4.78 is 33.2. The first-order valence-corrected chi connectivity index (χ1v) is 6.58. The van der Waals surface area contributed by atoms with Gasteiger partial charge in [-0.2, -0.15) is 0 Å². The molecule has 0 spiro atoms. The molecule has 0 aliphatic carbocycles. The van der Waals surface area contributed by atoms with Crippen molar-refractivity contribution < 1.29 is 33.2 Å². The molecular formula is C13H22O7. The van der Waals surface area contributed by atoms with Crippen molar-refractivity contribution >= 4 is 5.97 Å². The van der Waals surface area contributed by atoms with Gasteiger partial charge in [-0.15, -0.1) is 0 Å². The van der Waals surface area contributed by atoms with Gasteiger partial charge in [-0.1, -0.05) is 0 Å². The fourth-order valence-electron chi connectivity index (χ4n) is 2.64. The summed E-state index contributed by atoms with van der Waals surface area (Å²) in [6, 6.07) is 0. The van der Waals surface area contributed by atoms with Gasteiger partial charge in [-0.05, 0) is 13.8 Å². The molecule has 2 fully saturated rings. The number of carbonyl (C=O) groups excluding carboxylic acids is 1. The van der Waals surface area contributed by atoms with E-state index < -0.39 is 42.5 Å². The summed E-state index contributed by atoms with van der Waals surface area (Å²) in [4.78, 5) is 11.3. The molecule has 0 bridgehead atoms. The molecule has 7 nitrogen and oxygen atoms in total. The Morgan fingerprint density at radius 3 is 2.40 bits per heavy atom. The molecule has 2 rings (SSSR count). The van der Waals surface area contributed by atoms with Crippen molar-refractivity contribution in [3.8, 4) is 0 Å². The van der Waals surface area contributed by atoms with Crippen LogP contribution in [0.4, 0.5) is 0 Å². The second-order valence-electron chi connectivity index (χ2n) is 5.37. The summed E-state index contributed by atoms with van der Waals surface area (Å²) in [5, 5.41) is 0. The van der Waals surface area contributed by atoms with Crippen LogP contribution in [0.25, 0.3) is 0 Å². The summed E-state index contributed by atoms with van der Waals surface area (Å²) in [6.45, 7) is 5.22. The monoisotopic (exact) mass is 290 g/mol. The number of carbonyl (C=O) groups is 1. The van der Waals surface area contributed by atoms with E-state index in [1.165, 1.54) is 14.0 Å². The number of rotatable bonds is 4. The van der Waals surface area contributed by atoms with Gasteiger partial charge in [-0.25, -0.2) is 0 Å². The molecule has 0 amide bonds. The molecule has 5 unspecified atom stereocenters. The molecule has 0 N–H and O–H groups in total. The molecule has 0 aromatic carbocycles. The maximum atomic E-state index is 11.3. The zero-order valence-corrected chi connectivity index (χ0v) is 12.5. The maximum absolute atomic E-state index is 11.3. The highest BCUT2D eigenvalue weighted by Crippen LogP contribution is 2.38. The molecular weight excluding hydrogens is 268 g/mol. The molecule has 2 aliphatic rings. The SMILES string of the molecule is COCC1OC(OC)C2OC(C)(C)OC2C1OC(C)=O. The standard InChI is InChI=1S/C13H22O7/c1-7(14)17-9-8(6-15-4)18-12(16-5)11-10(9)19-13(2,3)20-11/h8-12H,6H2,1-5H3. The van der Waals surface area contributed by atoms with Crippen molar-refractivity contribution in [2.75, 3.05) is 20.8 Å². The summed E-state index contributed by atoms with van der Waals surface area (Å²) in [5.41, 5.74) is 0. The summed E-state index contributed by atoms with van der Waals surface area (Å²) in [6.07, 6.45) is -2.55. The largest absolute Gasteiger partial charge is 0.457 e. The van der Waals surface area contributed by atoms with E-state index in [1.807, 2.05) is 0 Å². The van der Waals surface area contributed by atoms with Gasteiger partial charge in [0.05, 0.1) is 6.61 Å². The first-order valence-electron chi connectivity index (χ1n) is 6.58.